The third-order valence-corrected chi connectivity index (χ3v) is 2.38. The number of hydrogen-bond donors (Lipinski definition) is 3. The summed E-state index contributed by atoms with van der Waals surface area (Å²) in [5.74, 6) is -2.74. The van der Waals surface area contributed by atoms with Crippen molar-refractivity contribution in [3.8, 4) is 11.8 Å². The summed E-state index contributed by atoms with van der Waals surface area (Å²) in [7, 11) is 1.23. The first-order valence-corrected chi connectivity index (χ1v) is 5.58. The number of nitrogens with one attached hydrogen (secondary N) is 2. The molecule has 0 radical (unpaired) electrons. The van der Waals surface area contributed by atoms with Crippen molar-refractivity contribution in [1.82, 2.24) is 0 Å². The zero-order chi connectivity index (χ0) is 16.9. The SMILES string of the molecule is COc1ccc(N/N=C(\C#N)C(=N)N)c(C(=O)C(F)(F)F)c1. The van der Waals surface area contributed by atoms with Gasteiger partial charge in [-0.25, -0.2) is 0 Å². The molecule has 1 aromatic rings. The van der Waals surface area contributed by atoms with E-state index in [-0.39, 0.29) is 11.4 Å². The van der Waals surface area contributed by atoms with Crippen molar-refractivity contribution in [3.63, 3.8) is 0 Å². The van der Waals surface area contributed by atoms with Crippen molar-refractivity contribution < 1.29 is 22.7 Å². The van der Waals surface area contributed by atoms with Gasteiger partial charge in [-0.3, -0.25) is 15.6 Å². The van der Waals surface area contributed by atoms with Crippen molar-refractivity contribution in [3.05, 3.63) is 23.8 Å². The van der Waals surface area contributed by atoms with E-state index in [1.54, 1.807) is 0 Å². The second-order valence-corrected chi connectivity index (χ2v) is 3.84. The van der Waals surface area contributed by atoms with Crippen LogP contribution in [0.25, 0.3) is 0 Å². The molecule has 0 aliphatic carbocycles. The number of anilines is 1. The van der Waals surface area contributed by atoms with Crippen molar-refractivity contribution in [2.24, 2.45) is 10.8 Å². The summed E-state index contributed by atoms with van der Waals surface area (Å²) in [5.41, 5.74) is 5.58. The van der Waals surface area contributed by atoms with Crippen LogP contribution in [-0.4, -0.2) is 30.6 Å². The Kier molecular flexibility index (Phi) is 5.07. The maximum Gasteiger partial charge on any atom is 0.454 e. The van der Waals surface area contributed by atoms with Gasteiger partial charge >= 0.3 is 6.18 Å². The van der Waals surface area contributed by atoms with E-state index in [2.05, 4.69) is 10.5 Å². The second kappa shape index (κ2) is 6.57. The van der Waals surface area contributed by atoms with E-state index in [1.807, 2.05) is 0 Å². The van der Waals surface area contributed by atoms with Gasteiger partial charge in [0.2, 0.25) is 5.71 Å². The lowest BCUT2D eigenvalue weighted by Crippen LogP contribution is -2.24. The number of ether oxygens (including phenoxy) is 1. The quantitative estimate of drug-likeness (QED) is 0.330. The molecule has 0 atom stereocenters. The smallest absolute Gasteiger partial charge is 0.454 e. The molecule has 0 bridgehead atoms. The largest absolute Gasteiger partial charge is 0.497 e. The van der Waals surface area contributed by atoms with E-state index >= 15 is 0 Å². The van der Waals surface area contributed by atoms with Gasteiger partial charge < -0.3 is 10.5 Å². The van der Waals surface area contributed by atoms with Crippen molar-refractivity contribution in [2.45, 2.75) is 6.18 Å². The zero-order valence-corrected chi connectivity index (χ0v) is 11.2. The zero-order valence-electron chi connectivity index (χ0n) is 11.2. The molecule has 1 aromatic carbocycles. The highest BCUT2D eigenvalue weighted by molar-refractivity contribution is 6.45. The monoisotopic (exact) mass is 313 g/mol. The fourth-order valence-corrected chi connectivity index (χ4v) is 1.35. The number of halogens is 3. The van der Waals surface area contributed by atoms with Gasteiger partial charge in [0.1, 0.15) is 11.8 Å². The number of nitrogens with zero attached hydrogens (tertiary/aromatic N) is 2. The highest BCUT2D eigenvalue weighted by atomic mass is 19.4. The summed E-state index contributed by atoms with van der Waals surface area (Å²) in [4.78, 5) is 11.4. The Morgan fingerprint density at radius 1 is 1.50 bits per heavy atom. The van der Waals surface area contributed by atoms with Gasteiger partial charge in [0.05, 0.1) is 18.4 Å². The first kappa shape index (κ1) is 17.0. The fraction of sp³-hybridized carbons (Fsp3) is 0.167. The van der Waals surface area contributed by atoms with Gasteiger partial charge in [0, 0.05) is 0 Å². The van der Waals surface area contributed by atoms with Crippen molar-refractivity contribution >= 4 is 23.0 Å². The van der Waals surface area contributed by atoms with Crippen molar-refractivity contribution in [1.29, 1.82) is 10.7 Å². The van der Waals surface area contributed by atoms with E-state index in [9.17, 15) is 18.0 Å². The lowest BCUT2D eigenvalue weighted by Gasteiger charge is -2.12. The van der Waals surface area contributed by atoms with Crippen LogP contribution in [0, 0.1) is 16.7 Å². The third-order valence-electron chi connectivity index (χ3n) is 2.38. The van der Waals surface area contributed by atoms with Crippen LogP contribution in [-0.2, 0) is 0 Å². The van der Waals surface area contributed by atoms with Gasteiger partial charge in [-0.1, -0.05) is 0 Å². The minimum atomic E-state index is -5.09. The Hall–Kier alpha value is -3.09. The van der Waals surface area contributed by atoms with Gasteiger partial charge in [0.25, 0.3) is 5.78 Å². The number of rotatable bonds is 5. The molecule has 0 saturated heterocycles. The Morgan fingerprint density at radius 2 is 2.14 bits per heavy atom. The Labute approximate surface area is 122 Å². The number of alkyl halides is 3. The first-order valence-electron chi connectivity index (χ1n) is 5.58. The topological polar surface area (TPSA) is 124 Å². The van der Waals surface area contributed by atoms with E-state index in [0.717, 1.165) is 12.1 Å². The molecule has 0 unspecified atom stereocenters. The number of nitriles is 1. The number of benzene rings is 1. The lowest BCUT2D eigenvalue weighted by molar-refractivity contribution is -0.0884. The molecular weight excluding hydrogens is 303 g/mol. The van der Waals surface area contributed by atoms with Crippen molar-refractivity contribution in [2.75, 3.05) is 12.5 Å². The molecular formula is C12H10F3N5O2. The second-order valence-electron chi connectivity index (χ2n) is 3.84. The minimum absolute atomic E-state index is 0.0363. The molecule has 0 amide bonds. The summed E-state index contributed by atoms with van der Waals surface area (Å²) >= 11 is 0. The highest BCUT2D eigenvalue weighted by Crippen LogP contribution is 2.29. The average molecular weight is 313 g/mol. The van der Waals surface area contributed by atoms with E-state index in [1.165, 1.54) is 19.2 Å². The number of ketones is 1. The molecule has 22 heavy (non-hydrogen) atoms. The van der Waals surface area contributed by atoms with Crippen LogP contribution >= 0.6 is 0 Å². The van der Waals surface area contributed by atoms with Gasteiger partial charge in [-0.15, -0.1) is 0 Å². The average Bonchev–Trinajstić information content (AvgIpc) is 2.45. The van der Waals surface area contributed by atoms with Crippen LogP contribution in [0.5, 0.6) is 5.75 Å². The predicted octanol–water partition coefficient (Wildman–Crippen LogP) is 1.67. The van der Waals surface area contributed by atoms with Crippen LogP contribution in [0.4, 0.5) is 18.9 Å². The summed E-state index contributed by atoms with van der Waals surface area (Å²) in [6.45, 7) is 0. The molecule has 10 heteroatoms. The highest BCUT2D eigenvalue weighted by Gasteiger charge is 2.40. The lowest BCUT2D eigenvalue weighted by atomic mass is 10.1. The molecule has 0 saturated carbocycles. The number of carbonyl (C=O) groups is 1. The molecule has 0 aliphatic heterocycles. The molecule has 0 aliphatic rings. The molecule has 0 spiro atoms. The van der Waals surface area contributed by atoms with Crippen LogP contribution in [0.15, 0.2) is 23.3 Å². The molecule has 4 N–H and O–H groups in total. The Bertz CT molecular complexity index is 676. The number of methoxy groups -OCH3 is 1. The molecule has 116 valence electrons. The standard InChI is InChI=1S/C12H10F3N5O2/c1-22-6-2-3-8(19-20-9(5-16)11(17)18)7(4-6)10(21)12(13,14)15/h2-4,19H,1H3,(H3,17,18)/b20-9+. The molecule has 1 rings (SSSR count). The maximum absolute atomic E-state index is 12.6. The number of nitrogens with two attached hydrogens (primary N) is 1. The number of amidine groups is 1. The minimum Gasteiger partial charge on any atom is -0.497 e. The number of carbonyl (C=O) groups excluding carboxylic acids is 1. The van der Waals surface area contributed by atoms with E-state index in [4.69, 9.17) is 21.1 Å². The van der Waals surface area contributed by atoms with E-state index in [0.29, 0.717) is 0 Å². The summed E-state index contributed by atoms with van der Waals surface area (Å²) in [5, 5.41) is 19.1. The number of Topliss-reactive ketones (excluding diaryl/α,β-unsaturated/α-hetero) is 1. The predicted molar refractivity (Wildman–Crippen MR) is 72.0 cm³/mol. The van der Waals surface area contributed by atoms with Gasteiger partial charge in [0.15, 0.2) is 5.84 Å². The Morgan fingerprint density at radius 3 is 2.59 bits per heavy atom. The molecule has 0 heterocycles. The maximum atomic E-state index is 12.6. The first-order chi connectivity index (χ1) is 10.2. The molecule has 7 nitrogen and oxygen atoms in total. The summed E-state index contributed by atoms with van der Waals surface area (Å²) in [6, 6.07) is 4.78. The molecule has 0 fully saturated rings. The van der Waals surface area contributed by atoms with Crippen LogP contribution < -0.4 is 15.9 Å². The van der Waals surface area contributed by atoms with Crippen LogP contribution in [0.1, 0.15) is 10.4 Å². The fourth-order valence-electron chi connectivity index (χ4n) is 1.35. The van der Waals surface area contributed by atoms with Crippen LogP contribution in [0.3, 0.4) is 0 Å². The normalized spacial score (nSPS) is 11.5. The van der Waals surface area contributed by atoms with Gasteiger partial charge in [-0.2, -0.15) is 23.5 Å². The summed E-state index contributed by atoms with van der Waals surface area (Å²) < 4.78 is 42.5. The molecule has 0 aromatic heterocycles. The number of hydrogen-bond acceptors (Lipinski definition) is 6. The third kappa shape index (κ3) is 3.95. The van der Waals surface area contributed by atoms with E-state index < -0.39 is 29.1 Å². The number of hydrazone groups is 1. The summed E-state index contributed by atoms with van der Waals surface area (Å²) in [6.07, 6.45) is -5.09. The Balaban J connectivity index is 3.28. The van der Waals surface area contributed by atoms with Crippen LogP contribution in [0.2, 0.25) is 0 Å². The van der Waals surface area contributed by atoms with Gasteiger partial charge in [-0.05, 0) is 18.2 Å².